The Morgan fingerprint density at radius 1 is 1.23 bits per heavy atom. The van der Waals surface area contributed by atoms with Crippen molar-refractivity contribution in [3.05, 3.63) is 53.1 Å². The first-order valence-corrected chi connectivity index (χ1v) is 9.78. The van der Waals surface area contributed by atoms with Crippen LogP contribution in [0.1, 0.15) is 12.5 Å². The van der Waals surface area contributed by atoms with Crippen LogP contribution in [0.5, 0.6) is 5.75 Å². The molecule has 0 spiro atoms. The minimum absolute atomic E-state index is 0.0690. The van der Waals surface area contributed by atoms with E-state index in [0.29, 0.717) is 16.5 Å². The minimum Gasteiger partial charge on any atom is -0.496 e. The van der Waals surface area contributed by atoms with Crippen LogP contribution in [0.15, 0.2) is 47.4 Å². The summed E-state index contributed by atoms with van der Waals surface area (Å²) in [4.78, 5) is 13.5. The number of nitrogens with zero attached hydrogens (tertiary/aromatic N) is 1. The fraction of sp³-hybridized carbons (Fsp3) is 0.278. The average Bonchev–Trinajstić information content (AvgIpc) is 2.58. The summed E-state index contributed by atoms with van der Waals surface area (Å²) in [5, 5.41) is 0.503. The monoisotopic (exact) mass is 396 g/mol. The lowest BCUT2D eigenvalue weighted by Gasteiger charge is -2.21. The van der Waals surface area contributed by atoms with Crippen molar-refractivity contribution in [1.82, 2.24) is 4.72 Å². The molecule has 2 rings (SSSR count). The second-order valence-corrected chi connectivity index (χ2v) is 7.88. The van der Waals surface area contributed by atoms with E-state index in [2.05, 4.69) is 4.72 Å². The third kappa shape index (κ3) is 4.97. The largest absolute Gasteiger partial charge is 0.496 e. The van der Waals surface area contributed by atoms with Crippen LogP contribution in [0.2, 0.25) is 5.02 Å². The number of ether oxygens (including phenoxy) is 1. The highest BCUT2D eigenvalue weighted by Gasteiger charge is 2.17. The molecule has 0 aliphatic heterocycles. The molecule has 1 amide bonds. The maximum Gasteiger partial charge on any atom is 0.240 e. The number of aryl methyl sites for hydroxylation is 1. The Bertz CT molecular complexity index is 900. The van der Waals surface area contributed by atoms with Crippen LogP contribution in [0.25, 0.3) is 0 Å². The maximum absolute atomic E-state index is 12.4. The number of halogens is 1. The van der Waals surface area contributed by atoms with Gasteiger partial charge in [-0.25, -0.2) is 13.1 Å². The van der Waals surface area contributed by atoms with E-state index in [4.69, 9.17) is 16.3 Å². The standard InChI is InChI=1S/C18H21ClN2O4S/c1-13-11-17(7-8-18(13)25-3)26(23,24)20-9-10-21(14(2)22)16-6-4-5-15(19)12-16/h4-8,11-12,20H,9-10H2,1-3H3. The molecule has 0 unspecified atom stereocenters. The average molecular weight is 397 g/mol. The number of rotatable bonds is 7. The van der Waals surface area contributed by atoms with Gasteiger partial charge in [-0.1, -0.05) is 17.7 Å². The van der Waals surface area contributed by atoms with Crippen LogP contribution in [0.3, 0.4) is 0 Å². The Morgan fingerprint density at radius 3 is 2.54 bits per heavy atom. The first-order chi connectivity index (χ1) is 12.2. The number of benzene rings is 2. The molecule has 2 aromatic carbocycles. The highest BCUT2D eigenvalue weighted by molar-refractivity contribution is 7.89. The Balaban J connectivity index is 2.08. The molecule has 0 saturated heterocycles. The van der Waals surface area contributed by atoms with Crippen molar-refractivity contribution in [3.63, 3.8) is 0 Å². The van der Waals surface area contributed by atoms with Gasteiger partial charge in [-0.2, -0.15) is 0 Å². The van der Waals surface area contributed by atoms with Crippen LogP contribution in [-0.2, 0) is 14.8 Å². The quantitative estimate of drug-likeness (QED) is 0.780. The highest BCUT2D eigenvalue weighted by Crippen LogP contribution is 2.22. The molecule has 0 aliphatic rings. The molecule has 0 bridgehead atoms. The number of hydrogen-bond donors (Lipinski definition) is 1. The summed E-state index contributed by atoms with van der Waals surface area (Å²) in [5.41, 5.74) is 1.34. The van der Waals surface area contributed by atoms with Crippen LogP contribution >= 0.6 is 11.6 Å². The second kappa shape index (κ2) is 8.53. The lowest BCUT2D eigenvalue weighted by atomic mass is 10.2. The van der Waals surface area contributed by atoms with Gasteiger partial charge in [-0.05, 0) is 48.9 Å². The molecule has 0 radical (unpaired) electrons. The fourth-order valence-corrected chi connectivity index (χ4v) is 3.80. The van der Waals surface area contributed by atoms with Crippen LogP contribution in [0, 0.1) is 6.92 Å². The lowest BCUT2D eigenvalue weighted by molar-refractivity contribution is -0.116. The predicted molar refractivity (Wildman–Crippen MR) is 102 cm³/mol. The molecule has 0 fully saturated rings. The normalized spacial score (nSPS) is 11.2. The van der Waals surface area contributed by atoms with E-state index in [1.807, 2.05) is 0 Å². The predicted octanol–water partition coefficient (Wildman–Crippen LogP) is 2.99. The zero-order valence-corrected chi connectivity index (χ0v) is 16.4. The van der Waals surface area contributed by atoms with Crippen molar-refractivity contribution in [2.75, 3.05) is 25.1 Å². The Labute approximate surface area is 158 Å². The van der Waals surface area contributed by atoms with Crippen LogP contribution in [0.4, 0.5) is 5.69 Å². The van der Waals surface area contributed by atoms with Crippen molar-refractivity contribution in [2.24, 2.45) is 0 Å². The third-order valence-corrected chi connectivity index (χ3v) is 5.50. The summed E-state index contributed by atoms with van der Waals surface area (Å²) in [6.07, 6.45) is 0. The molecule has 1 N–H and O–H groups in total. The summed E-state index contributed by atoms with van der Waals surface area (Å²) in [5.74, 6) is 0.416. The van der Waals surface area contributed by atoms with Crippen molar-refractivity contribution < 1.29 is 17.9 Å². The number of carbonyl (C=O) groups is 1. The van der Waals surface area contributed by atoms with E-state index < -0.39 is 10.0 Å². The van der Waals surface area contributed by atoms with Crippen molar-refractivity contribution >= 4 is 33.2 Å². The maximum atomic E-state index is 12.4. The first kappa shape index (κ1) is 20.2. The molecule has 0 saturated carbocycles. The SMILES string of the molecule is COc1ccc(S(=O)(=O)NCCN(C(C)=O)c2cccc(Cl)c2)cc1C. The number of sulfonamides is 1. The number of methoxy groups -OCH3 is 1. The smallest absolute Gasteiger partial charge is 0.240 e. The molecule has 140 valence electrons. The number of carbonyl (C=O) groups excluding carboxylic acids is 1. The van der Waals surface area contributed by atoms with E-state index in [0.717, 1.165) is 5.56 Å². The first-order valence-electron chi connectivity index (χ1n) is 7.92. The molecule has 0 aromatic heterocycles. The summed E-state index contributed by atoms with van der Waals surface area (Å²) in [7, 11) is -2.16. The van der Waals surface area contributed by atoms with E-state index in [9.17, 15) is 13.2 Å². The Hall–Kier alpha value is -2.09. The van der Waals surface area contributed by atoms with Gasteiger partial charge in [0.15, 0.2) is 0 Å². The van der Waals surface area contributed by atoms with Crippen molar-refractivity contribution in [2.45, 2.75) is 18.7 Å². The van der Waals surface area contributed by atoms with Gasteiger partial charge in [0.1, 0.15) is 5.75 Å². The summed E-state index contributed by atoms with van der Waals surface area (Å²) in [6.45, 7) is 3.44. The van der Waals surface area contributed by atoms with E-state index in [1.54, 1.807) is 43.3 Å². The van der Waals surface area contributed by atoms with Gasteiger partial charge in [0.05, 0.1) is 12.0 Å². The molecule has 0 aliphatic carbocycles. The minimum atomic E-state index is -3.69. The number of nitrogens with one attached hydrogen (secondary N) is 1. The summed E-state index contributed by atoms with van der Waals surface area (Å²) in [6, 6.07) is 11.5. The van der Waals surface area contributed by atoms with Gasteiger partial charge in [0.25, 0.3) is 0 Å². The van der Waals surface area contributed by atoms with Crippen LogP contribution in [-0.4, -0.2) is 34.5 Å². The van der Waals surface area contributed by atoms with Gasteiger partial charge < -0.3 is 9.64 Å². The van der Waals surface area contributed by atoms with E-state index >= 15 is 0 Å². The van der Waals surface area contributed by atoms with E-state index in [-0.39, 0.29) is 23.9 Å². The van der Waals surface area contributed by atoms with Gasteiger partial charge in [0.2, 0.25) is 15.9 Å². The fourth-order valence-electron chi connectivity index (χ4n) is 2.51. The van der Waals surface area contributed by atoms with Crippen LogP contribution < -0.4 is 14.4 Å². The van der Waals surface area contributed by atoms with Gasteiger partial charge in [-0.3, -0.25) is 4.79 Å². The van der Waals surface area contributed by atoms with Crippen molar-refractivity contribution in [1.29, 1.82) is 0 Å². The van der Waals surface area contributed by atoms with Crippen molar-refractivity contribution in [3.8, 4) is 5.75 Å². The molecule has 26 heavy (non-hydrogen) atoms. The highest BCUT2D eigenvalue weighted by atomic mass is 35.5. The lowest BCUT2D eigenvalue weighted by Crippen LogP contribution is -2.37. The third-order valence-electron chi connectivity index (χ3n) is 3.80. The molecule has 2 aromatic rings. The number of amides is 1. The summed E-state index contributed by atoms with van der Waals surface area (Å²) < 4.78 is 32.6. The Morgan fingerprint density at radius 2 is 1.96 bits per heavy atom. The zero-order chi connectivity index (χ0) is 19.3. The number of hydrogen-bond acceptors (Lipinski definition) is 4. The topological polar surface area (TPSA) is 75.7 Å². The second-order valence-electron chi connectivity index (χ2n) is 5.68. The van der Waals surface area contributed by atoms with E-state index in [1.165, 1.54) is 25.0 Å². The molecule has 8 heteroatoms. The van der Waals surface area contributed by atoms with Gasteiger partial charge in [0, 0.05) is 30.7 Å². The Kier molecular flexibility index (Phi) is 6.63. The van der Waals surface area contributed by atoms with Gasteiger partial charge >= 0.3 is 0 Å². The molecule has 0 heterocycles. The molecular weight excluding hydrogens is 376 g/mol. The zero-order valence-electron chi connectivity index (χ0n) is 14.8. The molecule has 0 atom stereocenters. The molecular formula is C18H21ClN2O4S. The summed E-state index contributed by atoms with van der Waals surface area (Å²) >= 11 is 5.96. The number of anilines is 1. The van der Waals surface area contributed by atoms with Gasteiger partial charge in [-0.15, -0.1) is 0 Å². The molecule has 6 nitrogen and oxygen atoms in total.